The highest BCUT2D eigenvalue weighted by Crippen LogP contribution is 2.30. The molecular formula is C15H17NO3. The number of aromatic hydroxyl groups is 2. The molecule has 0 spiro atoms. The van der Waals surface area contributed by atoms with Crippen LogP contribution in [-0.4, -0.2) is 16.8 Å². The van der Waals surface area contributed by atoms with Gasteiger partial charge in [0, 0.05) is 23.9 Å². The number of para-hydroxylation sites is 1. The molecule has 0 saturated heterocycles. The Labute approximate surface area is 112 Å². The van der Waals surface area contributed by atoms with E-state index in [4.69, 9.17) is 4.74 Å². The van der Waals surface area contributed by atoms with Gasteiger partial charge in [0.1, 0.15) is 5.75 Å². The molecule has 4 nitrogen and oxygen atoms in total. The van der Waals surface area contributed by atoms with Gasteiger partial charge in [-0.1, -0.05) is 18.2 Å². The number of ether oxygens (including phenoxy) is 1. The predicted octanol–water partition coefficient (Wildman–Crippen LogP) is 3.11. The zero-order valence-electron chi connectivity index (χ0n) is 10.8. The molecule has 0 saturated carbocycles. The van der Waals surface area contributed by atoms with E-state index in [-0.39, 0.29) is 11.5 Å². The number of nitrogens with one attached hydrogen (secondary N) is 1. The molecule has 0 aromatic heterocycles. The van der Waals surface area contributed by atoms with Crippen LogP contribution in [0.25, 0.3) is 0 Å². The minimum atomic E-state index is 0.150. The van der Waals surface area contributed by atoms with Crippen molar-refractivity contribution in [2.24, 2.45) is 0 Å². The highest BCUT2D eigenvalue weighted by molar-refractivity contribution is 5.51. The molecule has 0 aliphatic heterocycles. The number of hydrogen-bond acceptors (Lipinski definition) is 4. The fraction of sp³-hybridized carbons (Fsp3) is 0.200. The van der Waals surface area contributed by atoms with Crippen molar-refractivity contribution in [3.8, 4) is 17.2 Å². The van der Waals surface area contributed by atoms with Crippen molar-refractivity contribution in [2.75, 3.05) is 11.9 Å². The Kier molecular flexibility index (Phi) is 4.13. The molecule has 0 amide bonds. The second kappa shape index (κ2) is 6.00. The van der Waals surface area contributed by atoms with Gasteiger partial charge in [-0.3, -0.25) is 0 Å². The van der Waals surface area contributed by atoms with Crippen molar-refractivity contribution >= 4 is 5.69 Å². The molecule has 0 unspecified atom stereocenters. The van der Waals surface area contributed by atoms with Gasteiger partial charge in [-0.15, -0.1) is 0 Å². The lowest BCUT2D eigenvalue weighted by Crippen LogP contribution is -2.01. The molecule has 0 aliphatic rings. The van der Waals surface area contributed by atoms with Crippen LogP contribution in [-0.2, 0) is 6.54 Å². The van der Waals surface area contributed by atoms with Gasteiger partial charge < -0.3 is 20.3 Å². The summed E-state index contributed by atoms with van der Waals surface area (Å²) >= 11 is 0. The molecule has 2 rings (SSSR count). The normalized spacial score (nSPS) is 10.2. The average molecular weight is 259 g/mol. The van der Waals surface area contributed by atoms with Crippen LogP contribution >= 0.6 is 0 Å². The third-order valence-corrected chi connectivity index (χ3v) is 2.71. The topological polar surface area (TPSA) is 61.7 Å². The van der Waals surface area contributed by atoms with E-state index in [9.17, 15) is 10.2 Å². The summed E-state index contributed by atoms with van der Waals surface area (Å²) in [5.41, 5.74) is 1.54. The minimum Gasteiger partial charge on any atom is -0.508 e. The molecule has 0 bridgehead atoms. The summed E-state index contributed by atoms with van der Waals surface area (Å²) in [5.74, 6) is 0.840. The van der Waals surface area contributed by atoms with E-state index in [1.54, 1.807) is 24.3 Å². The van der Waals surface area contributed by atoms with Crippen LogP contribution in [0, 0.1) is 0 Å². The van der Waals surface area contributed by atoms with Crippen LogP contribution in [0.4, 0.5) is 5.69 Å². The van der Waals surface area contributed by atoms with E-state index in [0.29, 0.717) is 18.9 Å². The molecule has 0 aliphatic carbocycles. The molecule has 4 heteroatoms. The second-order valence-electron chi connectivity index (χ2n) is 4.10. The second-order valence-corrected chi connectivity index (χ2v) is 4.10. The number of rotatable bonds is 5. The summed E-state index contributed by atoms with van der Waals surface area (Å²) in [7, 11) is 0. The van der Waals surface area contributed by atoms with Crippen LogP contribution in [0.2, 0.25) is 0 Å². The molecule has 100 valence electrons. The number of hydrogen-bond donors (Lipinski definition) is 3. The van der Waals surface area contributed by atoms with Crippen molar-refractivity contribution in [1.82, 2.24) is 0 Å². The molecule has 2 aromatic rings. The Morgan fingerprint density at radius 1 is 1.11 bits per heavy atom. The van der Waals surface area contributed by atoms with Crippen molar-refractivity contribution < 1.29 is 14.9 Å². The number of anilines is 1. The van der Waals surface area contributed by atoms with Gasteiger partial charge in [-0.05, 0) is 25.1 Å². The first kappa shape index (κ1) is 13.1. The maximum Gasteiger partial charge on any atom is 0.162 e. The summed E-state index contributed by atoms with van der Waals surface area (Å²) in [6.45, 7) is 2.84. The lowest BCUT2D eigenvalue weighted by atomic mass is 10.2. The van der Waals surface area contributed by atoms with Gasteiger partial charge in [0.05, 0.1) is 6.61 Å². The minimum absolute atomic E-state index is 0.150. The number of benzene rings is 2. The first-order valence-electron chi connectivity index (χ1n) is 6.17. The largest absolute Gasteiger partial charge is 0.508 e. The number of phenolic OH excluding ortho intramolecular Hbond substituents is 2. The lowest BCUT2D eigenvalue weighted by Gasteiger charge is -2.11. The van der Waals surface area contributed by atoms with E-state index in [1.165, 1.54) is 0 Å². The maximum atomic E-state index is 10.0. The molecule has 0 heterocycles. The Bertz CT molecular complexity index is 555. The number of phenols is 2. The first-order chi connectivity index (χ1) is 9.20. The smallest absolute Gasteiger partial charge is 0.162 e. The van der Waals surface area contributed by atoms with Gasteiger partial charge in [0.15, 0.2) is 11.5 Å². The fourth-order valence-corrected chi connectivity index (χ4v) is 1.80. The highest BCUT2D eigenvalue weighted by atomic mass is 16.5. The van der Waals surface area contributed by atoms with Crippen LogP contribution in [0.3, 0.4) is 0 Å². The zero-order chi connectivity index (χ0) is 13.7. The van der Waals surface area contributed by atoms with Gasteiger partial charge in [-0.2, -0.15) is 0 Å². The van der Waals surface area contributed by atoms with Crippen molar-refractivity contribution in [1.29, 1.82) is 0 Å². The predicted molar refractivity (Wildman–Crippen MR) is 74.7 cm³/mol. The Balaban J connectivity index is 2.09. The van der Waals surface area contributed by atoms with Crippen LogP contribution < -0.4 is 10.1 Å². The zero-order valence-corrected chi connectivity index (χ0v) is 10.8. The third-order valence-electron chi connectivity index (χ3n) is 2.71. The summed E-state index contributed by atoms with van der Waals surface area (Å²) in [6.07, 6.45) is 0. The maximum absolute atomic E-state index is 10.0. The van der Waals surface area contributed by atoms with Gasteiger partial charge in [0.25, 0.3) is 0 Å². The summed E-state index contributed by atoms with van der Waals surface area (Å²) in [6, 6.07) is 12.2. The van der Waals surface area contributed by atoms with Crippen LogP contribution in [0.1, 0.15) is 12.5 Å². The van der Waals surface area contributed by atoms with Crippen molar-refractivity contribution in [2.45, 2.75) is 13.5 Å². The molecule has 0 atom stereocenters. The Morgan fingerprint density at radius 3 is 2.63 bits per heavy atom. The Morgan fingerprint density at radius 2 is 1.89 bits per heavy atom. The van der Waals surface area contributed by atoms with Crippen molar-refractivity contribution in [3.63, 3.8) is 0 Å². The summed E-state index contributed by atoms with van der Waals surface area (Å²) in [4.78, 5) is 0. The fourth-order valence-electron chi connectivity index (χ4n) is 1.80. The monoisotopic (exact) mass is 259 g/mol. The molecule has 0 fully saturated rings. The molecule has 19 heavy (non-hydrogen) atoms. The summed E-state index contributed by atoms with van der Waals surface area (Å²) in [5, 5.41) is 22.5. The third kappa shape index (κ3) is 3.31. The van der Waals surface area contributed by atoms with E-state index < -0.39 is 0 Å². The van der Waals surface area contributed by atoms with E-state index in [2.05, 4.69) is 5.32 Å². The lowest BCUT2D eigenvalue weighted by molar-refractivity contribution is 0.317. The van der Waals surface area contributed by atoms with E-state index >= 15 is 0 Å². The quantitative estimate of drug-likeness (QED) is 0.772. The van der Waals surface area contributed by atoms with Gasteiger partial charge in [0.2, 0.25) is 0 Å². The summed E-state index contributed by atoms with van der Waals surface area (Å²) < 4.78 is 5.33. The molecule has 0 radical (unpaired) electrons. The van der Waals surface area contributed by atoms with E-state index in [0.717, 1.165) is 11.3 Å². The molecule has 2 aromatic carbocycles. The van der Waals surface area contributed by atoms with Gasteiger partial charge in [-0.25, -0.2) is 0 Å². The average Bonchev–Trinajstić information content (AvgIpc) is 2.40. The van der Waals surface area contributed by atoms with E-state index in [1.807, 2.05) is 25.1 Å². The van der Waals surface area contributed by atoms with Crippen LogP contribution in [0.15, 0.2) is 42.5 Å². The van der Waals surface area contributed by atoms with Crippen LogP contribution in [0.5, 0.6) is 17.2 Å². The molecular weight excluding hydrogens is 242 g/mol. The van der Waals surface area contributed by atoms with Gasteiger partial charge >= 0.3 is 0 Å². The highest BCUT2D eigenvalue weighted by Gasteiger charge is 2.07. The first-order valence-corrected chi connectivity index (χ1v) is 6.17. The molecule has 3 N–H and O–H groups in total. The standard InChI is InChI=1S/C15H17NO3/c1-2-19-14-8-3-5-11(15(14)18)10-16-12-6-4-7-13(17)9-12/h3-9,16-18H,2,10H2,1H3. The SMILES string of the molecule is CCOc1cccc(CNc2cccc(O)c2)c1O. The van der Waals surface area contributed by atoms with Crippen molar-refractivity contribution in [3.05, 3.63) is 48.0 Å². The Hall–Kier alpha value is -2.36.